The highest BCUT2D eigenvalue weighted by Gasteiger charge is 2.41. The van der Waals surface area contributed by atoms with Crippen molar-refractivity contribution in [2.24, 2.45) is 0 Å². The Morgan fingerprint density at radius 3 is 2.58 bits per heavy atom. The van der Waals surface area contributed by atoms with Gasteiger partial charge in [-0.15, -0.1) is 0 Å². The Bertz CT molecular complexity index is 277. The molecule has 2 rings (SSSR count). The average molecular weight is 270 g/mol. The molecule has 1 aliphatic heterocycles. The molecule has 1 saturated carbocycles. The quantitative estimate of drug-likeness (QED) is 0.792. The van der Waals surface area contributed by atoms with Crippen LogP contribution in [0, 0.1) is 0 Å². The zero-order valence-electron chi connectivity index (χ0n) is 12.7. The molecule has 0 bridgehead atoms. The van der Waals surface area contributed by atoms with Gasteiger partial charge in [-0.25, -0.2) is 0 Å². The zero-order valence-corrected chi connectivity index (χ0v) is 12.7. The van der Waals surface area contributed by atoms with E-state index in [-0.39, 0.29) is 12.1 Å². The third kappa shape index (κ3) is 3.69. The number of hydrogen-bond donors (Lipinski definition) is 2. The van der Waals surface area contributed by atoms with E-state index in [1.165, 1.54) is 6.42 Å². The zero-order chi connectivity index (χ0) is 13.9. The van der Waals surface area contributed by atoms with E-state index in [2.05, 4.69) is 31.0 Å². The van der Waals surface area contributed by atoms with Gasteiger partial charge in [-0.05, 0) is 46.1 Å². The fourth-order valence-corrected chi connectivity index (χ4v) is 3.68. The molecule has 0 aromatic carbocycles. The van der Waals surface area contributed by atoms with Crippen LogP contribution in [0.15, 0.2) is 0 Å². The van der Waals surface area contributed by atoms with Gasteiger partial charge in [-0.1, -0.05) is 6.92 Å². The van der Waals surface area contributed by atoms with E-state index in [1.807, 2.05) is 0 Å². The minimum atomic E-state index is -0.0363. The van der Waals surface area contributed by atoms with Crippen LogP contribution in [0.25, 0.3) is 0 Å². The number of ether oxygens (including phenoxy) is 1. The summed E-state index contributed by atoms with van der Waals surface area (Å²) < 4.78 is 5.81. The molecular weight excluding hydrogens is 240 g/mol. The second kappa shape index (κ2) is 6.53. The highest BCUT2D eigenvalue weighted by atomic mass is 16.5. The summed E-state index contributed by atoms with van der Waals surface area (Å²) in [6, 6.07) is 0.602. The first-order valence-corrected chi connectivity index (χ1v) is 7.84. The van der Waals surface area contributed by atoms with Crippen LogP contribution in [-0.4, -0.2) is 60.0 Å². The highest BCUT2D eigenvalue weighted by molar-refractivity contribution is 5.00. The van der Waals surface area contributed by atoms with E-state index in [0.29, 0.717) is 18.2 Å². The lowest BCUT2D eigenvalue weighted by Crippen LogP contribution is -2.52. The van der Waals surface area contributed by atoms with Crippen molar-refractivity contribution in [3.63, 3.8) is 0 Å². The molecular formula is C15H30N2O2. The Hall–Kier alpha value is -0.160. The van der Waals surface area contributed by atoms with Gasteiger partial charge in [0.2, 0.25) is 0 Å². The van der Waals surface area contributed by atoms with Crippen molar-refractivity contribution in [2.75, 3.05) is 26.2 Å². The second-order valence-electron chi connectivity index (χ2n) is 6.47. The monoisotopic (exact) mass is 270 g/mol. The number of nitrogens with zero attached hydrogens (tertiary/aromatic N) is 1. The maximum Gasteiger partial charge on any atom is 0.0678 e. The lowest BCUT2D eigenvalue weighted by Gasteiger charge is -2.39. The lowest BCUT2D eigenvalue weighted by atomic mass is 9.98. The van der Waals surface area contributed by atoms with Crippen LogP contribution in [0.5, 0.6) is 0 Å². The molecule has 4 atom stereocenters. The van der Waals surface area contributed by atoms with Crippen molar-refractivity contribution in [2.45, 2.75) is 70.2 Å². The van der Waals surface area contributed by atoms with Gasteiger partial charge < -0.3 is 15.2 Å². The number of aliphatic hydroxyl groups is 1. The number of morpholine rings is 1. The predicted octanol–water partition coefficient (Wildman–Crippen LogP) is 1.38. The standard InChI is InChI=1S/C15H30N2O2/c1-4-7-16-15(11-18)6-5-14(8-15)17-9-12(2)19-13(3)10-17/h12-14,16,18H,4-11H2,1-3H3/t12-,13+,14?,15?. The summed E-state index contributed by atoms with van der Waals surface area (Å²) in [6.45, 7) is 9.82. The first-order valence-electron chi connectivity index (χ1n) is 7.84. The van der Waals surface area contributed by atoms with Crippen LogP contribution in [-0.2, 0) is 4.74 Å². The van der Waals surface area contributed by atoms with Crippen molar-refractivity contribution < 1.29 is 9.84 Å². The van der Waals surface area contributed by atoms with Gasteiger partial charge >= 0.3 is 0 Å². The summed E-state index contributed by atoms with van der Waals surface area (Å²) in [4.78, 5) is 2.57. The van der Waals surface area contributed by atoms with Gasteiger partial charge in [-0.3, -0.25) is 4.90 Å². The van der Waals surface area contributed by atoms with Crippen molar-refractivity contribution in [3.8, 4) is 0 Å². The Labute approximate surface area is 117 Å². The van der Waals surface area contributed by atoms with E-state index in [4.69, 9.17) is 4.74 Å². The molecule has 1 saturated heterocycles. The largest absolute Gasteiger partial charge is 0.394 e. The average Bonchev–Trinajstić information content (AvgIpc) is 2.80. The van der Waals surface area contributed by atoms with E-state index in [9.17, 15) is 5.11 Å². The van der Waals surface area contributed by atoms with Crippen LogP contribution < -0.4 is 5.32 Å². The first-order chi connectivity index (χ1) is 9.08. The van der Waals surface area contributed by atoms with Crippen molar-refractivity contribution >= 4 is 0 Å². The number of hydrogen-bond acceptors (Lipinski definition) is 4. The molecule has 2 N–H and O–H groups in total. The van der Waals surface area contributed by atoms with Crippen LogP contribution in [0.1, 0.15) is 46.5 Å². The molecule has 0 aromatic heterocycles. The maximum atomic E-state index is 9.76. The van der Waals surface area contributed by atoms with E-state index in [1.54, 1.807) is 0 Å². The van der Waals surface area contributed by atoms with Gasteiger partial charge in [0.05, 0.1) is 18.8 Å². The van der Waals surface area contributed by atoms with Gasteiger partial charge in [0.15, 0.2) is 0 Å². The Morgan fingerprint density at radius 2 is 2.00 bits per heavy atom. The summed E-state index contributed by atoms with van der Waals surface area (Å²) in [5.41, 5.74) is -0.0363. The molecule has 0 aromatic rings. The van der Waals surface area contributed by atoms with Gasteiger partial charge in [0, 0.05) is 24.7 Å². The molecule has 0 spiro atoms. The van der Waals surface area contributed by atoms with Gasteiger partial charge in [-0.2, -0.15) is 0 Å². The SMILES string of the molecule is CCCNC1(CO)CCC(N2C[C@@H](C)O[C@@H](C)C2)C1. The minimum Gasteiger partial charge on any atom is -0.394 e. The molecule has 112 valence electrons. The Morgan fingerprint density at radius 1 is 1.32 bits per heavy atom. The number of nitrogens with one attached hydrogen (secondary N) is 1. The third-order valence-electron chi connectivity index (χ3n) is 4.60. The molecule has 19 heavy (non-hydrogen) atoms. The Balaban J connectivity index is 1.92. The summed E-state index contributed by atoms with van der Waals surface area (Å²) in [6.07, 6.45) is 5.14. The smallest absolute Gasteiger partial charge is 0.0678 e. The maximum absolute atomic E-state index is 9.76. The topological polar surface area (TPSA) is 44.7 Å². The molecule has 2 aliphatic rings. The number of rotatable bonds is 5. The van der Waals surface area contributed by atoms with Crippen LogP contribution in [0.3, 0.4) is 0 Å². The van der Waals surface area contributed by atoms with Crippen molar-refractivity contribution in [1.29, 1.82) is 0 Å². The minimum absolute atomic E-state index is 0.0363. The molecule has 4 heteroatoms. The van der Waals surface area contributed by atoms with Crippen LogP contribution in [0.2, 0.25) is 0 Å². The summed E-state index contributed by atoms with van der Waals surface area (Å²) in [7, 11) is 0. The van der Waals surface area contributed by atoms with E-state index in [0.717, 1.165) is 38.9 Å². The van der Waals surface area contributed by atoms with Crippen molar-refractivity contribution in [3.05, 3.63) is 0 Å². The third-order valence-corrected chi connectivity index (χ3v) is 4.60. The highest BCUT2D eigenvalue weighted by Crippen LogP contribution is 2.34. The van der Waals surface area contributed by atoms with Gasteiger partial charge in [0.25, 0.3) is 0 Å². The molecule has 1 aliphatic carbocycles. The molecule has 4 nitrogen and oxygen atoms in total. The van der Waals surface area contributed by atoms with E-state index >= 15 is 0 Å². The van der Waals surface area contributed by atoms with Crippen LogP contribution >= 0.6 is 0 Å². The lowest BCUT2D eigenvalue weighted by molar-refractivity contribution is -0.0805. The second-order valence-corrected chi connectivity index (χ2v) is 6.47. The molecule has 0 radical (unpaired) electrons. The molecule has 1 heterocycles. The predicted molar refractivity (Wildman–Crippen MR) is 77.3 cm³/mol. The van der Waals surface area contributed by atoms with E-state index < -0.39 is 0 Å². The Kier molecular flexibility index (Phi) is 5.23. The molecule has 2 fully saturated rings. The summed E-state index contributed by atoms with van der Waals surface area (Å²) in [5.74, 6) is 0. The first kappa shape index (κ1) is 15.2. The summed E-state index contributed by atoms with van der Waals surface area (Å²) >= 11 is 0. The van der Waals surface area contributed by atoms with Crippen molar-refractivity contribution in [1.82, 2.24) is 10.2 Å². The molecule has 2 unspecified atom stereocenters. The van der Waals surface area contributed by atoms with Crippen LogP contribution in [0.4, 0.5) is 0 Å². The number of aliphatic hydroxyl groups excluding tert-OH is 1. The fraction of sp³-hybridized carbons (Fsp3) is 1.00. The fourth-order valence-electron chi connectivity index (χ4n) is 3.68. The summed E-state index contributed by atoms with van der Waals surface area (Å²) in [5, 5.41) is 13.3. The molecule has 0 amide bonds. The van der Waals surface area contributed by atoms with Gasteiger partial charge in [0.1, 0.15) is 0 Å². The normalized spacial score (nSPS) is 40.7.